The molecule has 0 saturated heterocycles. The van der Waals surface area contributed by atoms with Crippen LogP contribution in [-0.2, 0) is 9.59 Å². The number of nitrogens with zero attached hydrogens (tertiary/aromatic N) is 1. The number of hydrogen-bond donors (Lipinski definition) is 2. The quantitative estimate of drug-likeness (QED) is 0.849. The number of aryl methyl sites for hydroxylation is 1. The van der Waals surface area contributed by atoms with Gasteiger partial charge in [-0.05, 0) is 43.3 Å². The van der Waals surface area contributed by atoms with Gasteiger partial charge in [-0.2, -0.15) is 0 Å². The van der Waals surface area contributed by atoms with E-state index in [2.05, 4.69) is 15.6 Å². The van der Waals surface area contributed by atoms with Crippen LogP contribution in [-0.4, -0.2) is 29.9 Å². The van der Waals surface area contributed by atoms with Crippen molar-refractivity contribution in [1.82, 2.24) is 10.3 Å². The fraction of sp³-hybridized carbons (Fsp3) is 0.188. The molecule has 0 unspecified atom stereocenters. The third kappa shape index (κ3) is 5.96. The second kappa shape index (κ2) is 8.14. The predicted molar refractivity (Wildman–Crippen MR) is 87.6 cm³/mol. The lowest BCUT2D eigenvalue weighted by Crippen LogP contribution is -2.35. The predicted octanol–water partition coefficient (Wildman–Crippen LogP) is 2.18. The molecule has 0 radical (unpaired) electrons. The highest BCUT2D eigenvalue weighted by molar-refractivity contribution is 6.30. The van der Waals surface area contributed by atoms with Crippen LogP contribution < -0.4 is 15.4 Å². The number of halogens is 1. The first kappa shape index (κ1) is 16.8. The van der Waals surface area contributed by atoms with Crippen molar-refractivity contribution in [2.75, 3.05) is 18.5 Å². The van der Waals surface area contributed by atoms with Gasteiger partial charge in [0.1, 0.15) is 5.75 Å². The van der Waals surface area contributed by atoms with Gasteiger partial charge in [0.05, 0.1) is 6.54 Å². The molecule has 1 aromatic carbocycles. The van der Waals surface area contributed by atoms with E-state index in [4.69, 9.17) is 16.3 Å². The van der Waals surface area contributed by atoms with E-state index < -0.39 is 0 Å². The minimum atomic E-state index is -0.388. The summed E-state index contributed by atoms with van der Waals surface area (Å²) >= 11 is 5.75. The molecule has 7 heteroatoms. The van der Waals surface area contributed by atoms with Gasteiger partial charge in [0.15, 0.2) is 6.61 Å². The molecule has 1 aromatic heterocycles. The van der Waals surface area contributed by atoms with Gasteiger partial charge in [0.25, 0.3) is 5.91 Å². The Morgan fingerprint density at radius 3 is 2.61 bits per heavy atom. The summed E-state index contributed by atoms with van der Waals surface area (Å²) in [7, 11) is 0. The number of carbonyl (C=O) groups is 2. The summed E-state index contributed by atoms with van der Waals surface area (Å²) in [5.74, 6) is -0.183. The van der Waals surface area contributed by atoms with E-state index in [0.717, 1.165) is 5.69 Å². The van der Waals surface area contributed by atoms with E-state index in [-0.39, 0.29) is 25.0 Å². The average molecular weight is 334 g/mol. The van der Waals surface area contributed by atoms with Crippen molar-refractivity contribution >= 4 is 29.1 Å². The minimum Gasteiger partial charge on any atom is -0.484 e. The number of nitrogens with one attached hydrogen (secondary N) is 2. The lowest BCUT2D eigenvalue weighted by atomic mass is 10.3. The Labute approximate surface area is 138 Å². The molecule has 0 atom stereocenters. The maximum atomic E-state index is 11.7. The third-order valence-corrected chi connectivity index (χ3v) is 3.06. The van der Waals surface area contributed by atoms with E-state index in [9.17, 15) is 9.59 Å². The number of carbonyl (C=O) groups excluding carboxylic acids is 2. The van der Waals surface area contributed by atoms with Crippen LogP contribution in [0.25, 0.3) is 0 Å². The zero-order chi connectivity index (χ0) is 16.7. The Hall–Kier alpha value is -2.60. The highest BCUT2D eigenvalue weighted by Gasteiger charge is 2.07. The second-order valence-electron chi connectivity index (χ2n) is 4.75. The Morgan fingerprint density at radius 2 is 1.91 bits per heavy atom. The number of ether oxygens (including phenoxy) is 1. The molecule has 1 heterocycles. The number of pyridine rings is 1. The molecule has 0 aliphatic heterocycles. The molecule has 2 N–H and O–H groups in total. The van der Waals surface area contributed by atoms with Crippen LogP contribution in [0.2, 0.25) is 5.02 Å². The van der Waals surface area contributed by atoms with Gasteiger partial charge in [-0.25, -0.2) is 0 Å². The van der Waals surface area contributed by atoms with E-state index in [1.807, 2.05) is 6.92 Å². The summed E-state index contributed by atoms with van der Waals surface area (Å²) < 4.78 is 5.28. The molecular weight excluding hydrogens is 318 g/mol. The number of amides is 2. The van der Waals surface area contributed by atoms with E-state index in [1.165, 1.54) is 0 Å². The first-order chi connectivity index (χ1) is 11.0. The molecule has 120 valence electrons. The van der Waals surface area contributed by atoms with E-state index >= 15 is 0 Å². The van der Waals surface area contributed by atoms with Crippen molar-refractivity contribution in [2.45, 2.75) is 6.92 Å². The number of anilines is 1. The van der Waals surface area contributed by atoms with Crippen LogP contribution in [0.4, 0.5) is 5.69 Å². The topological polar surface area (TPSA) is 80.3 Å². The summed E-state index contributed by atoms with van der Waals surface area (Å²) in [6.45, 7) is 1.51. The fourth-order valence-corrected chi connectivity index (χ4v) is 1.86. The molecule has 0 fully saturated rings. The number of aromatic nitrogens is 1. The van der Waals surface area contributed by atoms with Gasteiger partial charge >= 0.3 is 0 Å². The highest BCUT2D eigenvalue weighted by atomic mass is 35.5. The monoisotopic (exact) mass is 333 g/mol. The molecule has 6 nitrogen and oxygen atoms in total. The normalized spacial score (nSPS) is 10.0. The van der Waals surface area contributed by atoms with Gasteiger partial charge in [-0.1, -0.05) is 11.6 Å². The minimum absolute atomic E-state index is 0.135. The van der Waals surface area contributed by atoms with Crippen LogP contribution in [0.1, 0.15) is 5.69 Å². The van der Waals surface area contributed by atoms with Crippen molar-refractivity contribution < 1.29 is 14.3 Å². The van der Waals surface area contributed by atoms with Crippen molar-refractivity contribution in [2.24, 2.45) is 0 Å². The SMILES string of the molecule is Cc1cc(NC(=O)CNC(=O)COc2ccc(Cl)cc2)ccn1. The van der Waals surface area contributed by atoms with Crippen molar-refractivity contribution in [3.05, 3.63) is 53.3 Å². The van der Waals surface area contributed by atoms with Crippen molar-refractivity contribution in [3.8, 4) is 5.75 Å². The van der Waals surface area contributed by atoms with Gasteiger partial charge < -0.3 is 15.4 Å². The molecule has 2 amide bonds. The first-order valence-corrected chi connectivity index (χ1v) is 7.28. The van der Waals surface area contributed by atoms with Crippen molar-refractivity contribution in [1.29, 1.82) is 0 Å². The molecule has 2 rings (SSSR count). The zero-order valence-electron chi connectivity index (χ0n) is 12.5. The van der Waals surface area contributed by atoms with Gasteiger partial charge in [-0.3, -0.25) is 14.6 Å². The second-order valence-corrected chi connectivity index (χ2v) is 5.19. The summed E-state index contributed by atoms with van der Waals surface area (Å²) in [5, 5.41) is 5.74. The molecule has 0 aliphatic rings. The van der Waals surface area contributed by atoms with E-state index in [1.54, 1.807) is 42.6 Å². The fourth-order valence-electron chi connectivity index (χ4n) is 1.74. The van der Waals surface area contributed by atoms with Crippen LogP contribution in [0.15, 0.2) is 42.6 Å². The standard InChI is InChI=1S/C16H16ClN3O3/c1-11-8-13(6-7-18-11)20-15(21)9-19-16(22)10-23-14-4-2-12(17)3-5-14/h2-8H,9-10H2,1H3,(H,19,22)(H,18,20,21). The molecule has 2 aromatic rings. The Morgan fingerprint density at radius 1 is 1.17 bits per heavy atom. The highest BCUT2D eigenvalue weighted by Crippen LogP contribution is 2.15. The summed E-state index contributed by atoms with van der Waals surface area (Å²) in [4.78, 5) is 27.4. The number of benzene rings is 1. The Bertz CT molecular complexity index is 689. The molecular formula is C16H16ClN3O3. The molecule has 23 heavy (non-hydrogen) atoms. The lowest BCUT2D eigenvalue weighted by Gasteiger charge is -2.08. The lowest BCUT2D eigenvalue weighted by molar-refractivity contribution is -0.125. The summed E-state index contributed by atoms with van der Waals surface area (Å²) in [6, 6.07) is 10.1. The largest absolute Gasteiger partial charge is 0.484 e. The number of hydrogen-bond acceptors (Lipinski definition) is 4. The smallest absolute Gasteiger partial charge is 0.258 e. The Balaban J connectivity index is 1.71. The molecule has 0 bridgehead atoms. The molecule has 0 aliphatic carbocycles. The summed E-state index contributed by atoms with van der Waals surface area (Å²) in [5.41, 5.74) is 1.43. The van der Waals surface area contributed by atoms with Crippen LogP contribution in [0.5, 0.6) is 5.75 Å². The zero-order valence-corrected chi connectivity index (χ0v) is 13.3. The number of rotatable bonds is 6. The van der Waals surface area contributed by atoms with E-state index in [0.29, 0.717) is 16.5 Å². The Kier molecular flexibility index (Phi) is 5.94. The maximum absolute atomic E-state index is 11.7. The maximum Gasteiger partial charge on any atom is 0.258 e. The van der Waals surface area contributed by atoms with Gasteiger partial charge in [-0.15, -0.1) is 0 Å². The van der Waals surface area contributed by atoms with Crippen LogP contribution in [0.3, 0.4) is 0 Å². The van der Waals surface area contributed by atoms with Gasteiger partial charge in [0, 0.05) is 22.6 Å². The molecule has 0 saturated carbocycles. The third-order valence-electron chi connectivity index (χ3n) is 2.81. The average Bonchev–Trinajstić information content (AvgIpc) is 2.52. The van der Waals surface area contributed by atoms with Crippen LogP contribution in [0, 0.1) is 6.92 Å². The van der Waals surface area contributed by atoms with Crippen LogP contribution >= 0.6 is 11.6 Å². The van der Waals surface area contributed by atoms with Gasteiger partial charge in [0.2, 0.25) is 5.91 Å². The summed E-state index contributed by atoms with van der Waals surface area (Å²) in [6.07, 6.45) is 1.60. The molecule has 0 spiro atoms. The van der Waals surface area contributed by atoms with Crippen molar-refractivity contribution in [3.63, 3.8) is 0 Å². The first-order valence-electron chi connectivity index (χ1n) is 6.90.